The molecule has 0 spiro atoms. The minimum absolute atomic E-state index is 0.347. The Morgan fingerprint density at radius 1 is 1.31 bits per heavy atom. The summed E-state index contributed by atoms with van der Waals surface area (Å²) < 4.78 is 0.845. The zero-order chi connectivity index (χ0) is 12.1. The number of anilines is 1. The van der Waals surface area contributed by atoms with Crippen LogP contribution in [0, 0.1) is 0 Å². The van der Waals surface area contributed by atoms with Crippen molar-refractivity contribution in [2.45, 2.75) is 52.5 Å². The molecule has 1 atom stereocenters. The Balaban J connectivity index is 2.80. The predicted octanol–water partition coefficient (Wildman–Crippen LogP) is 3.96. The average molecular weight is 286 g/mol. The molecule has 1 aromatic heterocycles. The van der Waals surface area contributed by atoms with Crippen LogP contribution in [0.3, 0.4) is 0 Å². The third-order valence-corrected chi connectivity index (χ3v) is 2.75. The maximum atomic E-state index is 4.50. The summed E-state index contributed by atoms with van der Waals surface area (Å²) in [5.74, 6) is 2.13. The second-order valence-corrected chi connectivity index (χ2v) is 5.24. The van der Waals surface area contributed by atoms with Gasteiger partial charge in [0.15, 0.2) is 0 Å². The molecule has 1 heterocycles. The Morgan fingerprint density at radius 3 is 2.56 bits per heavy atom. The summed E-state index contributed by atoms with van der Waals surface area (Å²) in [6.07, 6.45) is 2.33. The number of nitrogens with zero attached hydrogens (tertiary/aromatic N) is 2. The van der Waals surface area contributed by atoms with Gasteiger partial charge >= 0.3 is 0 Å². The Morgan fingerprint density at radius 2 is 2.00 bits per heavy atom. The highest BCUT2D eigenvalue weighted by atomic mass is 79.9. The molecular formula is C12H20BrN3. The molecule has 4 heteroatoms. The molecule has 0 aromatic carbocycles. The number of hydrogen-bond acceptors (Lipinski definition) is 3. The van der Waals surface area contributed by atoms with Crippen molar-refractivity contribution >= 4 is 21.7 Å². The van der Waals surface area contributed by atoms with Crippen LogP contribution in [0.4, 0.5) is 5.82 Å². The Labute approximate surface area is 106 Å². The van der Waals surface area contributed by atoms with Crippen LogP contribution >= 0.6 is 15.9 Å². The molecule has 1 unspecified atom stereocenters. The van der Waals surface area contributed by atoms with Gasteiger partial charge in [-0.2, -0.15) is 0 Å². The van der Waals surface area contributed by atoms with Gasteiger partial charge in [0.2, 0.25) is 0 Å². The van der Waals surface area contributed by atoms with E-state index in [9.17, 15) is 0 Å². The van der Waals surface area contributed by atoms with E-state index in [1.165, 1.54) is 6.42 Å². The molecule has 3 nitrogen and oxygen atoms in total. The number of rotatable bonds is 5. The zero-order valence-corrected chi connectivity index (χ0v) is 12.0. The third kappa shape index (κ3) is 4.08. The number of hydrogen-bond donors (Lipinski definition) is 1. The SMILES string of the molecule is CCCC(C)Nc1cc(Br)nc(C(C)C)n1. The van der Waals surface area contributed by atoms with Gasteiger partial charge in [-0.25, -0.2) is 9.97 Å². The number of nitrogens with one attached hydrogen (secondary N) is 1. The first kappa shape index (κ1) is 13.4. The lowest BCUT2D eigenvalue weighted by Crippen LogP contribution is -2.16. The van der Waals surface area contributed by atoms with Crippen molar-refractivity contribution in [3.63, 3.8) is 0 Å². The van der Waals surface area contributed by atoms with Gasteiger partial charge in [-0.15, -0.1) is 0 Å². The van der Waals surface area contributed by atoms with Crippen molar-refractivity contribution in [3.8, 4) is 0 Å². The van der Waals surface area contributed by atoms with Crippen LogP contribution in [0.1, 0.15) is 52.3 Å². The van der Waals surface area contributed by atoms with Crippen molar-refractivity contribution in [3.05, 3.63) is 16.5 Å². The first-order chi connectivity index (χ1) is 7.52. The summed E-state index contributed by atoms with van der Waals surface area (Å²) in [6, 6.07) is 2.38. The molecule has 0 fully saturated rings. The highest BCUT2D eigenvalue weighted by Gasteiger charge is 2.08. The van der Waals surface area contributed by atoms with E-state index in [0.29, 0.717) is 12.0 Å². The van der Waals surface area contributed by atoms with Crippen LogP contribution in [0.25, 0.3) is 0 Å². The van der Waals surface area contributed by atoms with E-state index >= 15 is 0 Å². The molecule has 1 N–H and O–H groups in total. The molecule has 16 heavy (non-hydrogen) atoms. The molecule has 0 aliphatic rings. The maximum Gasteiger partial charge on any atom is 0.134 e. The third-order valence-electron chi connectivity index (χ3n) is 2.34. The minimum atomic E-state index is 0.347. The van der Waals surface area contributed by atoms with Crippen LogP contribution in [-0.4, -0.2) is 16.0 Å². The van der Waals surface area contributed by atoms with Crippen molar-refractivity contribution in [2.75, 3.05) is 5.32 Å². The number of halogens is 1. The summed E-state index contributed by atoms with van der Waals surface area (Å²) in [5, 5.41) is 3.40. The number of aromatic nitrogens is 2. The highest BCUT2D eigenvalue weighted by molar-refractivity contribution is 9.10. The van der Waals surface area contributed by atoms with E-state index in [1.807, 2.05) is 6.07 Å². The standard InChI is InChI=1S/C12H20BrN3/c1-5-6-9(4)14-11-7-10(13)15-12(16-11)8(2)3/h7-9H,5-6H2,1-4H3,(H,14,15,16). The van der Waals surface area contributed by atoms with Gasteiger partial charge in [0.05, 0.1) is 0 Å². The Hall–Kier alpha value is -0.640. The predicted molar refractivity (Wildman–Crippen MR) is 71.8 cm³/mol. The average Bonchev–Trinajstić information content (AvgIpc) is 2.16. The normalized spacial score (nSPS) is 12.9. The largest absolute Gasteiger partial charge is 0.367 e. The summed E-state index contributed by atoms with van der Waals surface area (Å²) >= 11 is 3.42. The lowest BCUT2D eigenvalue weighted by atomic mass is 10.2. The monoisotopic (exact) mass is 285 g/mol. The van der Waals surface area contributed by atoms with E-state index < -0.39 is 0 Å². The first-order valence-corrected chi connectivity index (χ1v) is 6.63. The summed E-state index contributed by atoms with van der Waals surface area (Å²) in [6.45, 7) is 8.56. The quantitative estimate of drug-likeness (QED) is 0.832. The van der Waals surface area contributed by atoms with E-state index in [1.54, 1.807) is 0 Å². The molecule has 0 amide bonds. The van der Waals surface area contributed by atoms with Gasteiger partial charge < -0.3 is 5.32 Å². The van der Waals surface area contributed by atoms with Crippen LogP contribution in [0.15, 0.2) is 10.7 Å². The molecule has 1 rings (SSSR count). The maximum absolute atomic E-state index is 4.50. The van der Waals surface area contributed by atoms with Gasteiger partial charge in [-0.05, 0) is 29.3 Å². The van der Waals surface area contributed by atoms with Crippen LogP contribution < -0.4 is 5.32 Å². The van der Waals surface area contributed by atoms with E-state index in [4.69, 9.17) is 0 Å². The molecule has 0 radical (unpaired) electrons. The molecular weight excluding hydrogens is 266 g/mol. The smallest absolute Gasteiger partial charge is 0.134 e. The van der Waals surface area contributed by atoms with Gasteiger partial charge in [0, 0.05) is 18.0 Å². The van der Waals surface area contributed by atoms with Gasteiger partial charge in [-0.1, -0.05) is 27.2 Å². The molecule has 90 valence electrons. The molecule has 0 aliphatic heterocycles. The van der Waals surface area contributed by atoms with Crippen molar-refractivity contribution < 1.29 is 0 Å². The lowest BCUT2D eigenvalue weighted by Gasteiger charge is -2.15. The summed E-state index contributed by atoms with van der Waals surface area (Å²) in [4.78, 5) is 8.86. The van der Waals surface area contributed by atoms with Crippen LogP contribution in [0.5, 0.6) is 0 Å². The zero-order valence-electron chi connectivity index (χ0n) is 10.4. The fourth-order valence-corrected chi connectivity index (χ4v) is 1.92. The first-order valence-electron chi connectivity index (χ1n) is 5.84. The highest BCUT2D eigenvalue weighted by Crippen LogP contribution is 2.18. The lowest BCUT2D eigenvalue weighted by molar-refractivity contribution is 0.683. The van der Waals surface area contributed by atoms with E-state index in [0.717, 1.165) is 22.7 Å². The molecule has 0 bridgehead atoms. The molecule has 0 aliphatic carbocycles. The second-order valence-electron chi connectivity index (χ2n) is 4.42. The minimum Gasteiger partial charge on any atom is -0.367 e. The topological polar surface area (TPSA) is 37.8 Å². The molecule has 0 saturated carbocycles. The fourth-order valence-electron chi connectivity index (χ4n) is 1.52. The second kappa shape index (κ2) is 6.18. The summed E-state index contributed by atoms with van der Waals surface area (Å²) in [7, 11) is 0. The molecule has 1 aromatic rings. The van der Waals surface area contributed by atoms with Crippen LogP contribution in [0.2, 0.25) is 0 Å². The van der Waals surface area contributed by atoms with E-state index in [-0.39, 0.29) is 0 Å². The Kier molecular flexibility index (Phi) is 5.19. The van der Waals surface area contributed by atoms with Crippen molar-refractivity contribution in [1.82, 2.24) is 9.97 Å². The van der Waals surface area contributed by atoms with Gasteiger partial charge in [0.25, 0.3) is 0 Å². The van der Waals surface area contributed by atoms with Gasteiger partial charge in [-0.3, -0.25) is 0 Å². The van der Waals surface area contributed by atoms with Crippen molar-refractivity contribution in [2.24, 2.45) is 0 Å². The molecule has 0 saturated heterocycles. The van der Waals surface area contributed by atoms with E-state index in [2.05, 4.69) is 58.9 Å². The van der Waals surface area contributed by atoms with Crippen LogP contribution in [-0.2, 0) is 0 Å². The van der Waals surface area contributed by atoms with Gasteiger partial charge in [0.1, 0.15) is 16.2 Å². The Bertz CT molecular complexity index is 339. The summed E-state index contributed by atoms with van der Waals surface area (Å²) in [5.41, 5.74) is 0. The fraction of sp³-hybridized carbons (Fsp3) is 0.667. The van der Waals surface area contributed by atoms with Crippen molar-refractivity contribution in [1.29, 1.82) is 0 Å².